The van der Waals surface area contributed by atoms with E-state index in [9.17, 15) is 4.79 Å². The van der Waals surface area contributed by atoms with Gasteiger partial charge in [0.05, 0.1) is 5.69 Å². The van der Waals surface area contributed by atoms with Crippen molar-refractivity contribution in [3.8, 4) is 0 Å². The standard InChI is InChI=1S/C11H14N2O2/c1-7(2)6-13-10-8(12)4-3-5-9(10)15-11(13)14/h3-5,7H,6,12H2,1-2H3. The summed E-state index contributed by atoms with van der Waals surface area (Å²) < 4.78 is 6.70. The third-order valence-electron chi connectivity index (χ3n) is 2.27. The summed E-state index contributed by atoms with van der Waals surface area (Å²) in [4.78, 5) is 11.6. The predicted molar refractivity (Wildman–Crippen MR) is 59.7 cm³/mol. The molecule has 80 valence electrons. The SMILES string of the molecule is CC(C)Cn1c(=O)oc2cccc(N)c21. The van der Waals surface area contributed by atoms with Crippen molar-refractivity contribution in [1.29, 1.82) is 0 Å². The van der Waals surface area contributed by atoms with Crippen LogP contribution in [0.25, 0.3) is 11.1 Å². The first-order valence-corrected chi connectivity index (χ1v) is 4.97. The smallest absolute Gasteiger partial charge is 0.408 e. The summed E-state index contributed by atoms with van der Waals surface area (Å²) >= 11 is 0. The molecular weight excluding hydrogens is 192 g/mol. The maximum Gasteiger partial charge on any atom is 0.420 e. The number of hydrogen-bond acceptors (Lipinski definition) is 3. The van der Waals surface area contributed by atoms with Crippen LogP contribution in [0.2, 0.25) is 0 Å². The average Bonchev–Trinajstić information content (AvgIpc) is 2.43. The Bertz CT molecular complexity index is 537. The molecule has 0 aliphatic carbocycles. The lowest BCUT2D eigenvalue weighted by molar-refractivity contribution is 0.459. The molecule has 0 spiro atoms. The number of nitrogens with two attached hydrogens (primary N) is 1. The van der Waals surface area contributed by atoms with Crippen LogP contribution < -0.4 is 11.5 Å². The molecule has 0 atom stereocenters. The first-order valence-electron chi connectivity index (χ1n) is 4.97. The van der Waals surface area contributed by atoms with E-state index >= 15 is 0 Å². The van der Waals surface area contributed by atoms with E-state index in [-0.39, 0.29) is 5.76 Å². The quantitative estimate of drug-likeness (QED) is 0.762. The Balaban J connectivity index is 2.71. The highest BCUT2D eigenvalue weighted by Crippen LogP contribution is 2.20. The molecule has 0 aliphatic rings. The molecule has 1 aromatic heterocycles. The molecule has 0 aliphatic heterocycles. The monoisotopic (exact) mass is 206 g/mol. The summed E-state index contributed by atoms with van der Waals surface area (Å²) in [7, 11) is 0. The number of nitrogen functional groups attached to an aromatic ring is 1. The van der Waals surface area contributed by atoms with Gasteiger partial charge in [0.1, 0.15) is 5.52 Å². The summed E-state index contributed by atoms with van der Waals surface area (Å²) in [5.41, 5.74) is 7.67. The first-order chi connectivity index (χ1) is 7.09. The Labute approximate surface area is 87.3 Å². The van der Waals surface area contributed by atoms with E-state index in [0.717, 1.165) is 0 Å². The van der Waals surface area contributed by atoms with Gasteiger partial charge < -0.3 is 10.2 Å². The van der Waals surface area contributed by atoms with Gasteiger partial charge in [0, 0.05) is 6.54 Å². The minimum Gasteiger partial charge on any atom is -0.408 e. The molecule has 0 fully saturated rings. The van der Waals surface area contributed by atoms with Crippen LogP contribution >= 0.6 is 0 Å². The highest BCUT2D eigenvalue weighted by Gasteiger charge is 2.12. The Morgan fingerprint density at radius 1 is 1.47 bits per heavy atom. The van der Waals surface area contributed by atoms with Gasteiger partial charge in [-0.05, 0) is 18.1 Å². The number of rotatable bonds is 2. The van der Waals surface area contributed by atoms with Gasteiger partial charge in [0.25, 0.3) is 0 Å². The van der Waals surface area contributed by atoms with Crippen molar-refractivity contribution in [1.82, 2.24) is 4.57 Å². The molecule has 0 unspecified atom stereocenters. The lowest BCUT2D eigenvalue weighted by Crippen LogP contribution is -2.17. The van der Waals surface area contributed by atoms with E-state index in [4.69, 9.17) is 10.2 Å². The van der Waals surface area contributed by atoms with Crippen molar-refractivity contribution < 1.29 is 4.42 Å². The lowest BCUT2D eigenvalue weighted by atomic mass is 10.2. The third-order valence-corrected chi connectivity index (χ3v) is 2.27. The molecule has 1 aromatic carbocycles. The highest BCUT2D eigenvalue weighted by molar-refractivity contribution is 5.85. The van der Waals surface area contributed by atoms with Gasteiger partial charge in [-0.2, -0.15) is 0 Å². The van der Waals surface area contributed by atoms with Crippen molar-refractivity contribution in [2.75, 3.05) is 5.73 Å². The van der Waals surface area contributed by atoms with Gasteiger partial charge in [-0.15, -0.1) is 0 Å². The largest absolute Gasteiger partial charge is 0.420 e. The zero-order valence-electron chi connectivity index (χ0n) is 8.86. The van der Waals surface area contributed by atoms with Gasteiger partial charge in [0.2, 0.25) is 0 Å². The number of nitrogens with zero attached hydrogens (tertiary/aromatic N) is 1. The second-order valence-electron chi connectivity index (χ2n) is 4.07. The van der Waals surface area contributed by atoms with Crippen LogP contribution in [0.1, 0.15) is 13.8 Å². The topological polar surface area (TPSA) is 61.2 Å². The first kappa shape index (κ1) is 9.83. The maximum absolute atomic E-state index is 11.6. The van der Waals surface area contributed by atoms with E-state index in [0.29, 0.717) is 29.2 Å². The number of aromatic nitrogens is 1. The highest BCUT2D eigenvalue weighted by atomic mass is 16.4. The molecule has 0 saturated heterocycles. The van der Waals surface area contributed by atoms with Crippen LogP contribution in [0.3, 0.4) is 0 Å². The minimum atomic E-state index is -0.336. The Morgan fingerprint density at radius 2 is 2.20 bits per heavy atom. The molecule has 0 amide bonds. The van der Waals surface area contributed by atoms with E-state index < -0.39 is 0 Å². The van der Waals surface area contributed by atoms with Crippen LogP contribution in [0.15, 0.2) is 27.4 Å². The van der Waals surface area contributed by atoms with E-state index in [1.54, 1.807) is 22.8 Å². The van der Waals surface area contributed by atoms with Crippen LogP contribution in [0.5, 0.6) is 0 Å². The van der Waals surface area contributed by atoms with Crippen molar-refractivity contribution >= 4 is 16.8 Å². The fourth-order valence-corrected chi connectivity index (χ4v) is 1.68. The number of hydrogen-bond donors (Lipinski definition) is 1. The summed E-state index contributed by atoms with van der Waals surface area (Å²) in [6, 6.07) is 5.30. The summed E-state index contributed by atoms with van der Waals surface area (Å²) in [5, 5.41) is 0. The maximum atomic E-state index is 11.6. The van der Waals surface area contributed by atoms with E-state index in [1.165, 1.54) is 0 Å². The van der Waals surface area contributed by atoms with Gasteiger partial charge in [0.15, 0.2) is 5.58 Å². The summed E-state index contributed by atoms with van der Waals surface area (Å²) in [5.74, 6) is 0.0414. The average molecular weight is 206 g/mol. The zero-order chi connectivity index (χ0) is 11.0. The molecule has 0 saturated carbocycles. The number of para-hydroxylation sites is 1. The normalized spacial score (nSPS) is 11.4. The number of anilines is 1. The van der Waals surface area contributed by atoms with Crippen LogP contribution in [0, 0.1) is 5.92 Å². The molecule has 0 bridgehead atoms. The fraction of sp³-hybridized carbons (Fsp3) is 0.364. The molecule has 15 heavy (non-hydrogen) atoms. The predicted octanol–water partition coefficient (Wildman–Crippen LogP) is 1.83. The lowest BCUT2D eigenvalue weighted by Gasteiger charge is -2.06. The Kier molecular flexibility index (Phi) is 2.26. The van der Waals surface area contributed by atoms with Gasteiger partial charge >= 0.3 is 5.76 Å². The molecule has 0 radical (unpaired) electrons. The molecule has 2 N–H and O–H groups in total. The number of benzene rings is 1. The van der Waals surface area contributed by atoms with E-state index in [2.05, 4.69) is 0 Å². The van der Waals surface area contributed by atoms with Crippen molar-refractivity contribution in [2.24, 2.45) is 5.92 Å². The van der Waals surface area contributed by atoms with Crippen molar-refractivity contribution in [3.63, 3.8) is 0 Å². The minimum absolute atomic E-state index is 0.336. The van der Waals surface area contributed by atoms with Crippen molar-refractivity contribution in [3.05, 3.63) is 28.7 Å². The second-order valence-corrected chi connectivity index (χ2v) is 4.07. The molecule has 1 heterocycles. The Morgan fingerprint density at radius 3 is 2.87 bits per heavy atom. The summed E-state index contributed by atoms with van der Waals surface area (Å²) in [6.45, 7) is 4.72. The summed E-state index contributed by atoms with van der Waals surface area (Å²) in [6.07, 6.45) is 0. The van der Waals surface area contributed by atoms with Gasteiger partial charge in [-0.3, -0.25) is 4.57 Å². The molecule has 2 rings (SSSR count). The number of oxazole rings is 1. The third kappa shape index (κ3) is 1.63. The second kappa shape index (κ2) is 3.46. The zero-order valence-corrected chi connectivity index (χ0v) is 8.86. The van der Waals surface area contributed by atoms with Crippen LogP contribution in [0.4, 0.5) is 5.69 Å². The Hall–Kier alpha value is -1.71. The molecule has 4 heteroatoms. The van der Waals surface area contributed by atoms with Gasteiger partial charge in [-0.1, -0.05) is 19.9 Å². The molecular formula is C11H14N2O2. The van der Waals surface area contributed by atoms with E-state index in [1.807, 2.05) is 13.8 Å². The van der Waals surface area contributed by atoms with Crippen molar-refractivity contribution in [2.45, 2.75) is 20.4 Å². The molecule has 2 aromatic rings. The van der Waals surface area contributed by atoms with Crippen LogP contribution in [-0.2, 0) is 6.54 Å². The fourth-order valence-electron chi connectivity index (χ4n) is 1.68. The molecule has 4 nitrogen and oxygen atoms in total. The van der Waals surface area contributed by atoms with Crippen LogP contribution in [-0.4, -0.2) is 4.57 Å². The number of fused-ring (bicyclic) bond motifs is 1. The van der Waals surface area contributed by atoms with Gasteiger partial charge in [-0.25, -0.2) is 4.79 Å².